The van der Waals surface area contributed by atoms with Gasteiger partial charge in [-0.3, -0.25) is 14.4 Å². The molecule has 1 aromatic carbocycles. The molecule has 1 heterocycles. The SMILES string of the molecule is CC(C)C(N)C(=O)NC(C(=O)NC(CS)C(=O)NC(Cc1c[nH]c2ccccc12)C(=O)O)C(C)O. The summed E-state index contributed by atoms with van der Waals surface area (Å²) in [5.74, 6) is -3.82. The molecule has 8 N–H and O–H groups in total. The molecule has 0 aliphatic heterocycles. The molecule has 0 radical (unpaired) electrons. The number of para-hydroxylation sites is 1. The van der Waals surface area contributed by atoms with E-state index in [-0.39, 0.29) is 18.1 Å². The number of carboxylic acids is 1. The van der Waals surface area contributed by atoms with Gasteiger partial charge in [-0.2, -0.15) is 12.6 Å². The van der Waals surface area contributed by atoms with Crippen LogP contribution in [0.2, 0.25) is 0 Å². The van der Waals surface area contributed by atoms with Gasteiger partial charge >= 0.3 is 5.97 Å². The maximum absolute atomic E-state index is 12.8. The van der Waals surface area contributed by atoms with Crippen LogP contribution in [0.25, 0.3) is 10.9 Å². The van der Waals surface area contributed by atoms with E-state index in [2.05, 4.69) is 33.6 Å². The first-order chi connectivity index (χ1) is 16.5. The maximum atomic E-state index is 12.8. The summed E-state index contributed by atoms with van der Waals surface area (Å²) in [4.78, 5) is 52.7. The molecule has 0 aliphatic rings. The number of fused-ring (bicyclic) bond motifs is 1. The van der Waals surface area contributed by atoms with Gasteiger partial charge in [-0.1, -0.05) is 32.0 Å². The van der Waals surface area contributed by atoms with Crippen molar-refractivity contribution in [2.45, 2.75) is 57.5 Å². The number of thiol groups is 1. The average molecular weight is 508 g/mol. The van der Waals surface area contributed by atoms with E-state index >= 15 is 0 Å². The Kier molecular flexibility index (Phi) is 10.1. The molecule has 0 fully saturated rings. The molecule has 3 amide bonds. The number of hydrogen-bond acceptors (Lipinski definition) is 7. The zero-order valence-corrected chi connectivity index (χ0v) is 20.7. The lowest BCUT2D eigenvalue weighted by molar-refractivity contribution is -0.142. The Morgan fingerprint density at radius 2 is 1.63 bits per heavy atom. The summed E-state index contributed by atoms with van der Waals surface area (Å²) in [7, 11) is 0. The zero-order valence-electron chi connectivity index (χ0n) is 19.8. The lowest BCUT2D eigenvalue weighted by Crippen LogP contribution is -2.60. The quantitative estimate of drug-likeness (QED) is 0.179. The van der Waals surface area contributed by atoms with Crippen molar-refractivity contribution in [3.8, 4) is 0 Å². The van der Waals surface area contributed by atoms with Gasteiger partial charge < -0.3 is 36.9 Å². The monoisotopic (exact) mass is 507 g/mol. The molecule has 35 heavy (non-hydrogen) atoms. The van der Waals surface area contributed by atoms with Crippen LogP contribution in [0.5, 0.6) is 0 Å². The first kappa shape index (κ1) is 28.1. The molecule has 11 nitrogen and oxygen atoms in total. The number of amides is 3. The topological polar surface area (TPSA) is 187 Å². The van der Waals surface area contributed by atoms with E-state index in [0.717, 1.165) is 10.9 Å². The van der Waals surface area contributed by atoms with Gasteiger partial charge in [0.05, 0.1) is 12.1 Å². The molecule has 5 unspecified atom stereocenters. The van der Waals surface area contributed by atoms with Gasteiger partial charge in [-0.15, -0.1) is 0 Å². The standard InChI is InChI=1S/C23H33N5O6S/c1-11(2)18(24)21(31)28-19(12(3)29)22(32)27-17(10-35)20(30)26-16(23(33)34)8-13-9-25-15-7-5-4-6-14(13)15/h4-7,9,11-12,16-19,25,29,35H,8,10,24H2,1-3H3,(H,26,30)(H,27,32)(H,28,31)(H,33,34). The van der Waals surface area contributed by atoms with E-state index in [1.807, 2.05) is 24.3 Å². The second-order valence-corrected chi connectivity index (χ2v) is 9.07. The summed E-state index contributed by atoms with van der Waals surface area (Å²) in [5.41, 5.74) is 7.34. The molecule has 0 saturated carbocycles. The second kappa shape index (κ2) is 12.6. The van der Waals surface area contributed by atoms with E-state index in [4.69, 9.17) is 5.73 Å². The van der Waals surface area contributed by atoms with Crippen LogP contribution in [0.3, 0.4) is 0 Å². The number of rotatable bonds is 12. The number of aliphatic carboxylic acids is 1. The first-order valence-corrected chi connectivity index (χ1v) is 11.8. The van der Waals surface area contributed by atoms with Crippen molar-refractivity contribution < 1.29 is 29.4 Å². The third-order valence-electron chi connectivity index (χ3n) is 5.61. The average Bonchev–Trinajstić information content (AvgIpc) is 3.21. The summed E-state index contributed by atoms with van der Waals surface area (Å²) >= 11 is 4.09. The Hall–Kier alpha value is -3.09. The molecule has 0 aliphatic carbocycles. The molecule has 12 heteroatoms. The van der Waals surface area contributed by atoms with Gasteiger partial charge in [0.1, 0.15) is 18.1 Å². The lowest BCUT2D eigenvalue weighted by Gasteiger charge is -2.26. The Morgan fingerprint density at radius 3 is 2.20 bits per heavy atom. The highest BCUT2D eigenvalue weighted by molar-refractivity contribution is 7.80. The highest BCUT2D eigenvalue weighted by Crippen LogP contribution is 2.19. The number of carbonyl (C=O) groups excluding carboxylic acids is 3. The summed E-state index contributed by atoms with van der Waals surface area (Å²) in [5, 5.41) is 27.7. The molecular weight excluding hydrogens is 474 g/mol. The maximum Gasteiger partial charge on any atom is 0.326 e. The third-order valence-corrected chi connectivity index (χ3v) is 5.98. The number of aromatic nitrogens is 1. The van der Waals surface area contributed by atoms with Crippen molar-refractivity contribution in [3.63, 3.8) is 0 Å². The lowest BCUT2D eigenvalue weighted by atomic mass is 10.0. The minimum absolute atomic E-state index is 0.0117. The van der Waals surface area contributed by atoms with E-state index in [0.29, 0.717) is 5.56 Å². The van der Waals surface area contributed by atoms with Gasteiger partial charge in [0.2, 0.25) is 17.7 Å². The van der Waals surface area contributed by atoms with Crippen molar-refractivity contribution in [1.29, 1.82) is 0 Å². The number of carbonyl (C=O) groups is 4. The van der Waals surface area contributed by atoms with Crippen LogP contribution < -0.4 is 21.7 Å². The number of aliphatic hydroxyl groups is 1. The Labute approximate surface area is 208 Å². The number of benzene rings is 1. The number of nitrogens with one attached hydrogen (secondary N) is 4. The predicted molar refractivity (Wildman–Crippen MR) is 134 cm³/mol. The summed E-state index contributed by atoms with van der Waals surface area (Å²) in [6.07, 6.45) is 0.413. The van der Waals surface area contributed by atoms with Crippen LogP contribution in [0.4, 0.5) is 0 Å². The van der Waals surface area contributed by atoms with Crippen molar-refractivity contribution in [2.24, 2.45) is 11.7 Å². The fourth-order valence-electron chi connectivity index (χ4n) is 3.41. The molecular formula is C23H33N5O6S. The number of aliphatic hydroxyl groups excluding tert-OH is 1. The van der Waals surface area contributed by atoms with Gasteiger partial charge in [-0.25, -0.2) is 4.79 Å². The normalized spacial score (nSPS) is 15.6. The zero-order chi connectivity index (χ0) is 26.3. The smallest absolute Gasteiger partial charge is 0.326 e. The van der Waals surface area contributed by atoms with Gasteiger partial charge in [0, 0.05) is 29.3 Å². The van der Waals surface area contributed by atoms with E-state index in [9.17, 15) is 29.4 Å². The number of carboxylic acid groups (broad SMARTS) is 1. The van der Waals surface area contributed by atoms with Gasteiger partial charge in [0.25, 0.3) is 0 Å². The highest BCUT2D eigenvalue weighted by Gasteiger charge is 2.32. The summed E-state index contributed by atoms with van der Waals surface area (Å²) < 4.78 is 0. The molecule has 0 bridgehead atoms. The Bertz CT molecular complexity index is 1060. The van der Waals surface area contributed by atoms with Crippen molar-refractivity contribution in [2.75, 3.05) is 5.75 Å². The van der Waals surface area contributed by atoms with Crippen molar-refractivity contribution in [1.82, 2.24) is 20.9 Å². The molecule has 192 valence electrons. The van der Waals surface area contributed by atoms with E-state index in [1.165, 1.54) is 6.92 Å². The molecule has 2 rings (SSSR count). The Morgan fingerprint density at radius 1 is 1.00 bits per heavy atom. The van der Waals surface area contributed by atoms with Gasteiger partial charge in [0.15, 0.2) is 0 Å². The fourth-order valence-corrected chi connectivity index (χ4v) is 3.66. The third kappa shape index (κ3) is 7.44. The van der Waals surface area contributed by atoms with Crippen molar-refractivity contribution in [3.05, 3.63) is 36.0 Å². The number of hydrogen-bond donors (Lipinski definition) is 8. The predicted octanol–water partition coefficient (Wildman–Crippen LogP) is -0.457. The molecule has 0 saturated heterocycles. The minimum Gasteiger partial charge on any atom is -0.480 e. The molecule has 5 atom stereocenters. The van der Waals surface area contributed by atoms with Crippen LogP contribution in [0.15, 0.2) is 30.5 Å². The van der Waals surface area contributed by atoms with E-state index < -0.39 is 54.0 Å². The fraction of sp³-hybridized carbons (Fsp3) is 0.478. The highest BCUT2D eigenvalue weighted by atomic mass is 32.1. The molecule has 0 spiro atoms. The second-order valence-electron chi connectivity index (χ2n) is 8.70. The van der Waals surface area contributed by atoms with Crippen LogP contribution in [0, 0.1) is 5.92 Å². The van der Waals surface area contributed by atoms with Crippen molar-refractivity contribution >= 4 is 47.2 Å². The summed E-state index contributed by atoms with van der Waals surface area (Å²) in [6, 6.07) is 2.62. The van der Waals surface area contributed by atoms with Gasteiger partial charge in [-0.05, 0) is 24.5 Å². The first-order valence-electron chi connectivity index (χ1n) is 11.2. The number of H-pyrrole nitrogens is 1. The molecule has 2 aromatic rings. The Balaban J connectivity index is 2.09. The number of aromatic amines is 1. The van der Waals surface area contributed by atoms with E-state index in [1.54, 1.807) is 20.0 Å². The van der Waals surface area contributed by atoms with Crippen LogP contribution >= 0.6 is 12.6 Å². The van der Waals surface area contributed by atoms with Crippen LogP contribution in [-0.2, 0) is 25.6 Å². The van der Waals surface area contributed by atoms with Crippen LogP contribution in [-0.4, -0.2) is 74.9 Å². The summed E-state index contributed by atoms with van der Waals surface area (Å²) in [6.45, 7) is 4.78. The van der Waals surface area contributed by atoms with Crippen LogP contribution in [0.1, 0.15) is 26.3 Å². The molecule has 1 aromatic heterocycles. The largest absolute Gasteiger partial charge is 0.480 e. The number of nitrogens with two attached hydrogens (primary N) is 1. The minimum atomic E-state index is -1.37.